The summed E-state index contributed by atoms with van der Waals surface area (Å²) in [6.07, 6.45) is -0.115. The Bertz CT molecular complexity index is 1510. The van der Waals surface area contributed by atoms with Gasteiger partial charge in [0, 0.05) is 54.4 Å². The number of amides is 2. The van der Waals surface area contributed by atoms with E-state index in [1.54, 1.807) is 48.5 Å². The molecule has 1 aliphatic heterocycles. The molecule has 2 aliphatic rings. The maximum Gasteiger partial charge on any atom is 0.252 e. The van der Waals surface area contributed by atoms with Crippen molar-refractivity contribution in [1.82, 2.24) is 10.5 Å². The van der Waals surface area contributed by atoms with Gasteiger partial charge in [0.2, 0.25) is 5.91 Å². The molecule has 1 aromatic heterocycles. The zero-order valence-corrected chi connectivity index (χ0v) is 23.2. The van der Waals surface area contributed by atoms with E-state index in [4.69, 9.17) is 16.4 Å². The van der Waals surface area contributed by atoms with Crippen molar-refractivity contribution < 1.29 is 28.3 Å². The van der Waals surface area contributed by atoms with Crippen LogP contribution in [0.3, 0.4) is 0 Å². The summed E-state index contributed by atoms with van der Waals surface area (Å²) in [7, 11) is 0. The molecule has 5 rings (SSSR count). The second-order valence-electron chi connectivity index (χ2n) is 10.3. The van der Waals surface area contributed by atoms with Gasteiger partial charge in [-0.25, -0.2) is 13.8 Å². The van der Waals surface area contributed by atoms with Crippen molar-refractivity contribution in [2.45, 2.75) is 56.3 Å². The topological polar surface area (TPSA) is 119 Å². The molecule has 0 spiro atoms. The van der Waals surface area contributed by atoms with E-state index in [1.165, 1.54) is 28.1 Å². The summed E-state index contributed by atoms with van der Waals surface area (Å²) >= 11 is 6.58. The summed E-state index contributed by atoms with van der Waals surface area (Å²) < 4.78 is 27.2. The second kappa shape index (κ2) is 12.5. The molecule has 9 nitrogen and oxygen atoms in total. The van der Waals surface area contributed by atoms with Crippen LogP contribution >= 0.6 is 11.6 Å². The van der Waals surface area contributed by atoms with E-state index in [0.717, 1.165) is 5.56 Å². The standard InChI is InChI=1S/C30H28ClF2N5O4/c31-24-7-2-1-6-23(24)29(42-36-21-16-30(32,33)17-21)37(22-5-3-4-19(14-22)11-13-39)28(41)25-8-9-27(40)38(25)26-15-20(18-34)10-12-35-26/h1-7,10,12,14-15,21,25,29,36,39H,8-9,11,13,16-17H2/t25-,29+/m0/s1. The molecule has 1 saturated heterocycles. The molecule has 1 aliphatic carbocycles. The Labute approximate surface area is 246 Å². The number of aliphatic hydroxyl groups is 1. The molecule has 2 amide bonds. The van der Waals surface area contributed by atoms with E-state index in [-0.39, 0.29) is 41.8 Å². The summed E-state index contributed by atoms with van der Waals surface area (Å²) in [5, 5.41) is 19.2. The summed E-state index contributed by atoms with van der Waals surface area (Å²) in [5.74, 6) is -3.51. The highest BCUT2D eigenvalue weighted by atomic mass is 35.5. The van der Waals surface area contributed by atoms with E-state index in [0.29, 0.717) is 17.7 Å². The van der Waals surface area contributed by atoms with Gasteiger partial charge in [-0.2, -0.15) is 10.7 Å². The molecule has 2 aromatic carbocycles. The Kier molecular flexibility index (Phi) is 8.80. The highest BCUT2D eigenvalue weighted by Gasteiger charge is 2.47. The molecular weight excluding hydrogens is 568 g/mol. The van der Waals surface area contributed by atoms with Crippen molar-refractivity contribution >= 4 is 34.9 Å². The molecule has 12 heteroatoms. The number of hydroxylamine groups is 1. The van der Waals surface area contributed by atoms with E-state index >= 15 is 0 Å². The van der Waals surface area contributed by atoms with Gasteiger partial charge in [-0.15, -0.1) is 0 Å². The smallest absolute Gasteiger partial charge is 0.252 e. The number of halogens is 3. The molecule has 2 atom stereocenters. The number of pyridine rings is 1. The van der Waals surface area contributed by atoms with E-state index in [1.807, 2.05) is 6.07 Å². The first-order valence-corrected chi connectivity index (χ1v) is 13.8. The largest absolute Gasteiger partial charge is 0.396 e. The molecule has 0 unspecified atom stereocenters. The van der Waals surface area contributed by atoms with Crippen molar-refractivity contribution in [3.05, 3.63) is 88.6 Å². The van der Waals surface area contributed by atoms with Gasteiger partial charge in [0.05, 0.1) is 11.6 Å². The SMILES string of the molecule is N#Cc1ccnc(N2C(=O)CC[C@H]2C(=O)N(c2cccc(CCO)c2)[C@H](ONC2CC(F)(F)C2)c2ccccc2Cl)c1. The van der Waals surface area contributed by atoms with Gasteiger partial charge in [-0.3, -0.25) is 24.2 Å². The molecule has 1 saturated carbocycles. The number of hydrogen-bond donors (Lipinski definition) is 2. The summed E-state index contributed by atoms with van der Waals surface area (Å²) in [6.45, 7) is -0.120. The number of nitrogens with zero attached hydrogens (tertiary/aromatic N) is 4. The minimum Gasteiger partial charge on any atom is -0.396 e. The number of anilines is 2. The Balaban J connectivity index is 1.58. The minimum absolute atomic E-state index is 0.0697. The highest BCUT2D eigenvalue weighted by molar-refractivity contribution is 6.31. The van der Waals surface area contributed by atoms with E-state index in [2.05, 4.69) is 10.5 Å². The van der Waals surface area contributed by atoms with Crippen LogP contribution in [0.4, 0.5) is 20.3 Å². The molecule has 218 valence electrons. The third-order valence-corrected chi connectivity index (χ3v) is 7.63. The number of rotatable bonds is 10. The molecule has 2 N–H and O–H groups in total. The first kappa shape index (κ1) is 29.5. The number of nitriles is 1. The monoisotopic (exact) mass is 595 g/mol. The summed E-state index contributed by atoms with van der Waals surface area (Å²) in [6, 6.07) is 16.9. The Hall–Kier alpha value is -3.95. The van der Waals surface area contributed by atoms with Gasteiger partial charge >= 0.3 is 0 Å². The second-order valence-corrected chi connectivity index (χ2v) is 10.7. The lowest BCUT2D eigenvalue weighted by Gasteiger charge is -2.39. The predicted octanol–water partition coefficient (Wildman–Crippen LogP) is 4.69. The van der Waals surface area contributed by atoms with Crippen molar-refractivity contribution in [2.75, 3.05) is 16.4 Å². The molecule has 0 radical (unpaired) electrons. The summed E-state index contributed by atoms with van der Waals surface area (Å²) in [5.41, 5.74) is 4.49. The lowest BCUT2D eigenvalue weighted by molar-refractivity contribution is -0.150. The lowest BCUT2D eigenvalue weighted by atomic mass is 9.89. The number of carbonyl (C=O) groups excluding carboxylic acids is 2. The number of alkyl halides is 2. The van der Waals surface area contributed by atoms with Gasteiger partial charge in [0.25, 0.3) is 11.8 Å². The normalized spacial score (nSPS) is 18.8. The van der Waals surface area contributed by atoms with Crippen LogP contribution in [0, 0.1) is 11.3 Å². The van der Waals surface area contributed by atoms with Crippen LogP contribution in [0.5, 0.6) is 0 Å². The maximum absolute atomic E-state index is 14.6. The van der Waals surface area contributed by atoms with Crippen LogP contribution < -0.4 is 15.3 Å². The van der Waals surface area contributed by atoms with Crippen LogP contribution in [0.2, 0.25) is 5.02 Å². The number of aromatic nitrogens is 1. The van der Waals surface area contributed by atoms with E-state index < -0.39 is 43.0 Å². The van der Waals surface area contributed by atoms with Crippen LogP contribution in [-0.2, 0) is 20.8 Å². The zero-order chi connectivity index (χ0) is 29.9. The number of nitrogens with one attached hydrogen (secondary N) is 1. The Morgan fingerprint density at radius 3 is 2.74 bits per heavy atom. The Morgan fingerprint density at radius 1 is 1.24 bits per heavy atom. The fourth-order valence-electron chi connectivity index (χ4n) is 5.19. The van der Waals surface area contributed by atoms with Crippen molar-refractivity contribution in [2.24, 2.45) is 0 Å². The first-order chi connectivity index (χ1) is 20.2. The molecule has 42 heavy (non-hydrogen) atoms. The van der Waals surface area contributed by atoms with Gasteiger partial charge < -0.3 is 5.11 Å². The first-order valence-electron chi connectivity index (χ1n) is 13.5. The third-order valence-electron chi connectivity index (χ3n) is 7.29. The van der Waals surface area contributed by atoms with Gasteiger partial charge in [-0.1, -0.05) is 41.9 Å². The van der Waals surface area contributed by atoms with Crippen LogP contribution in [-0.4, -0.2) is 46.5 Å². The van der Waals surface area contributed by atoms with Crippen LogP contribution in [0.15, 0.2) is 66.9 Å². The number of hydrogen-bond acceptors (Lipinski definition) is 7. The van der Waals surface area contributed by atoms with E-state index in [9.17, 15) is 28.7 Å². The zero-order valence-electron chi connectivity index (χ0n) is 22.4. The lowest BCUT2D eigenvalue weighted by Crippen LogP contribution is -2.53. The van der Waals surface area contributed by atoms with Crippen molar-refractivity contribution in [3.63, 3.8) is 0 Å². The highest BCUT2D eigenvalue weighted by Crippen LogP contribution is 2.40. The van der Waals surface area contributed by atoms with Gasteiger partial charge in [0.15, 0.2) is 6.23 Å². The fourth-order valence-corrected chi connectivity index (χ4v) is 5.42. The number of carbonyl (C=O) groups is 2. The predicted molar refractivity (Wildman–Crippen MR) is 151 cm³/mol. The third kappa shape index (κ3) is 6.27. The van der Waals surface area contributed by atoms with Crippen molar-refractivity contribution in [1.29, 1.82) is 5.26 Å². The van der Waals surface area contributed by atoms with Crippen molar-refractivity contribution in [3.8, 4) is 6.07 Å². The molecule has 2 heterocycles. The maximum atomic E-state index is 14.6. The van der Waals surface area contributed by atoms with Gasteiger partial charge in [0.1, 0.15) is 11.9 Å². The number of benzene rings is 2. The molecule has 3 aromatic rings. The summed E-state index contributed by atoms with van der Waals surface area (Å²) in [4.78, 5) is 40.6. The van der Waals surface area contributed by atoms with Crippen LogP contribution in [0.1, 0.15) is 48.6 Å². The van der Waals surface area contributed by atoms with Crippen LogP contribution in [0.25, 0.3) is 0 Å². The quantitative estimate of drug-likeness (QED) is 0.258. The molecular formula is C30H28ClF2N5O4. The minimum atomic E-state index is -2.80. The van der Waals surface area contributed by atoms with Gasteiger partial charge in [-0.05, 0) is 48.7 Å². The fraction of sp³-hybridized carbons (Fsp3) is 0.333. The average Bonchev–Trinajstić information content (AvgIpc) is 3.36. The Morgan fingerprint density at radius 2 is 2.02 bits per heavy atom. The molecule has 2 fully saturated rings. The number of aliphatic hydroxyl groups excluding tert-OH is 1. The molecule has 0 bridgehead atoms. The average molecular weight is 596 g/mol.